The van der Waals surface area contributed by atoms with E-state index < -0.39 is 10.0 Å². The molecule has 0 aliphatic carbocycles. The van der Waals surface area contributed by atoms with Crippen LogP contribution in [0.2, 0.25) is 0 Å². The molecule has 6 nitrogen and oxygen atoms in total. The molecule has 0 saturated heterocycles. The highest BCUT2D eigenvalue weighted by molar-refractivity contribution is 7.89. The SMILES string of the molecule is O=S(=O)(NCc1ccnc(-c2cccs2)c1)c1cnc[nH]1. The lowest BCUT2D eigenvalue weighted by Gasteiger charge is -2.06. The monoisotopic (exact) mass is 320 g/mol. The zero-order valence-corrected chi connectivity index (χ0v) is 12.5. The molecule has 3 heterocycles. The van der Waals surface area contributed by atoms with Gasteiger partial charge in [-0.05, 0) is 29.1 Å². The van der Waals surface area contributed by atoms with Crippen molar-refractivity contribution in [1.82, 2.24) is 19.7 Å². The third-order valence-corrected chi connectivity index (χ3v) is 5.05. The first-order valence-electron chi connectivity index (χ1n) is 6.12. The summed E-state index contributed by atoms with van der Waals surface area (Å²) < 4.78 is 26.5. The van der Waals surface area contributed by atoms with Crippen LogP contribution in [0, 0.1) is 0 Å². The van der Waals surface area contributed by atoms with Crippen LogP contribution in [0.5, 0.6) is 0 Å². The maximum atomic E-state index is 12.0. The summed E-state index contributed by atoms with van der Waals surface area (Å²) in [5.74, 6) is 0. The molecule has 0 aliphatic heterocycles. The lowest BCUT2D eigenvalue weighted by atomic mass is 10.2. The van der Waals surface area contributed by atoms with Gasteiger partial charge >= 0.3 is 0 Å². The number of H-pyrrole nitrogens is 1. The van der Waals surface area contributed by atoms with Crippen molar-refractivity contribution in [3.05, 3.63) is 53.9 Å². The molecule has 0 atom stereocenters. The van der Waals surface area contributed by atoms with Gasteiger partial charge in [0.25, 0.3) is 10.0 Å². The normalized spacial score (nSPS) is 11.6. The van der Waals surface area contributed by atoms with Crippen molar-refractivity contribution in [3.63, 3.8) is 0 Å². The molecule has 3 rings (SSSR count). The van der Waals surface area contributed by atoms with E-state index in [1.54, 1.807) is 23.6 Å². The van der Waals surface area contributed by atoms with E-state index in [2.05, 4.69) is 19.7 Å². The Kier molecular flexibility index (Phi) is 3.82. The number of hydrogen-bond donors (Lipinski definition) is 2. The molecule has 0 unspecified atom stereocenters. The molecule has 0 saturated carbocycles. The topological polar surface area (TPSA) is 87.7 Å². The zero-order chi connectivity index (χ0) is 14.7. The number of aromatic nitrogens is 3. The number of pyridine rings is 1. The Hall–Kier alpha value is -2.03. The largest absolute Gasteiger partial charge is 0.335 e. The molecule has 0 radical (unpaired) electrons. The summed E-state index contributed by atoms with van der Waals surface area (Å²) in [7, 11) is -3.57. The van der Waals surface area contributed by atoms with Gasteiger partial charge in [-0.3, -0.25) is 4.98 Å². The Morgan fingerprint density at radius 3 is 2.95 bits per heavy atom. The lowest BCUT2D eigenvalue weighted by molar-refractivity contribution is 0.578. The fraction of sp³-hybridized carbons (Fsp3) is 0.0769. The molecule has 0 spiro atoms. The number of hydrogen-bond acceptors (Lipinski definition) is 5. The van der Waals surface area contributed by atoms with Crippen LogP contribution >= 0.6 is 11.3 Å². The first-order valence-corrected chi connectivity index (χ1v) is 8.48. The highest BCUT2D eigenvalue weighted by atomic mass is 32.2. The van der Waals surface area contributed by atoms with Crippen molar-refractivity contribution in [1.29, 1.82) is 0 Å². The van der Waals surface area contributed by atoms with Crippen LogP contribution in [0.4, 0.5) is 0 Å². The molecule has 3 aromatic heterocycles. The standard InChI is InChI=1S/C13H12N4O2S2/c18-21(19,13-8-14-9-16-13)17-7-10-3-4-15-11(6-10)12-2-1-5-20-12/h1-6,8-9,17H,7H2,(H,14,16). The third-order valence-electron chi connectivity index (χ3n) is 2.83. The van der Waals surface area contributed by atoms with Crippen LogP contribution in [-0.4, -0.2) is 23.4 Å². The summed E-state index contributed by atoms with van der Waals surface area (Å²) in [6.07, 6.45) is 4.27. The van der Waals surface area contributed by atoms with Gasteiger partial charge in [0.2, 0.25) is 0 Å². The first-order chi connectivity index (χ1) is 10.1. The second-order valence-electron chi connectivity index (χ2n) is 4.27. The van der Waals surface area contributed by atoms with E-state index in [4.69, 9.17) is 0 Å². The Bertz CT molecular complexity index is 812. The molecule has 0 amide bonds. The summed E-state index contributed by atoms with van der Waals surface area (Å²) in [6.45, 7) is 0.197. The van der Waals surface area contributed by atoms with Gasteiger partial charge in [-0.15, -0.1) is 11.3 Å². The minimum absolute atomic E-state index is 0.0510. The molecule has 0 aliphatic rings. The van der Waals surface area contributed by atoms with E-state index in [-0.39, 0.29) is 11.6 Å². The van der Waals surface area contributed by atoms with Crippen molar-refractivity contribution >= 4 is 21.4 Å². The molecule has 2 N–H and O–H groups in total. The summed E-state index contributed by atoms with van der Waals surface area (Å²) in [4.78, 5) is 11.6. The molecule has 0 bridgehead atoms. The smallest absolute Gasteiger partial charge is 0.257 e. The van der Waals surface area contributed by atoms with Gasteiger partial charge in [0.1, 0.15) is 0 Å². The minimum Gasteiger partial charge on any atom is -0.335 e. The summed E-state index contributed by atoms with van der Waals surface area (Å²) >= 11 is 1.59. The van der Waals surface area contributed by atoms with Gasteiger partial charge < -0.3 is 4.98 Å². The molecule has 3 aromatic rings. The van der Waals surface area contributed by atoms with Crippen molar-refractivity contribution in [2.24, 2.45) is 0 Å². The van der Waals surface area contributed by atoms with Crippen molar-refractivity contribution in [3.8, 4) is 10.6 Å². The van der Waals surface area contributed by atoms with Crippen LogP contribution in [-0.2, 0) is 16.6 Å². The Balaban J connectivity index is 1.76. The number of rotatable bonds is 5. The second-order valence-corrected chi connectivity index (χ2v) is 6.95. The predicted molar refractivity (Wildman–Crippen MR) is 80.2 cm³/mol. The Morgan fingerprint density at radius 2 is 2.24 bits per heavy atom. The first kappa shape index (κ1) is 13.9. The lowest BCUT2D eigenvalue weighted by Crippen LogP contribution is -2.23. The quantitative estimate of drug-likeness (QED) is 0.753. The van der Waals surface area contributed by atoms with Gasteiger partial charge in [0, 0.05) is 12.7 Å². The van der Waals surface area contributed by atoms with E-state index in [1.807, 2.05) is 23.6 Å². The van der Waals surface area contributed by atoms with Crippen molar-refractivity contribution in [2.75, 3.05) is 0 Å². The number of nitrogens with one attached hydrogen (secondary N) is 2. The van der Waals surface area contributed by atoms with Gasteiger partial charge in [-0.25, -0.2) is 18.1 Å². The fourth-order valence-corrected chi connectivity index (χ4v) is 3.40. The van der Waals surface area contributed by atoms with Crippen molar-refractivity contribution < 1.29 is 8.42 Å². The Morgan fingerprint density at radius 1 is 1.33 bits per heavy atom. The van der Waals surface area contributed by atoms with Crippen LogP contribution in [0.25, 0.3) is 10.6 Å². The number of nitrogens with zero attached hydrogens (tertiary/aromatic N) is 2. The zero-order valence-electron chi connectivity index (χ0n) is 10.9. The second kappa shape index (κ2) is 5.76. The summed E-state index contributed by atoms with van der Waals surface area (Å²) in [6, 6.07) is 7.59. The summed E-state index contributed by atoms with van der Waals surface area (Å²) in [5.41, 5.74) is 1.68. The van der Waals surface area contributed by atoms with E-state index in [0.29, 0.717) is 0 Å². The van der Waals surface area contributed by atoms with Gasteiger partial charge in [-0.1, -0.05) is 6.07 Å². The molecule has 21 heavy (non-hydrogen) atoms. The Labute approximate surface area is 126 Å². The molecular weight excluding hydrogens is 308 g/mol. The van der Waals surface area contributed by atoms with Gasteiger partial charge in [0.15, 0.2) is 5.03 Å². The minimum atomic E-state index is -3.57. The van der Waals surface area contributed by atoms with Gasteiger partial charge in [-0.2, -0.15) is 0 Å². The van der Waals surface area contributed by atoms with Crippen LogP contribution in [0.3, 0.4) is 0 Å². The highest BCUT2D eigenvalue weighted by Crippen LogP contribution is 2.23. The van der Waals surface area contributed by atoms with Crippen LogP contribution < -0.4 is 4.72 Å². The fourth-order valence-electron chi connectivity index (χ4n) is 1.79. The molecule has 8 heteroatoms. The van der Waals surface area contributed by atoms with E-state index in [0.717, 1.165) is 16.1 Å². The number of imidazole rings is 1. The maximum Gasteiger partial charge on any atom is 0.257 e. The number of aromatic amines is 1. The highest BCUT2D eigenvalue weighted by Gasteiger charge is 2.15. The average molecular weight is 320 g/mol. The molecular formula is C13H12N4O2S2. The van der Waals surface area contributed by atoms with E-state index in [1.165, 1.54) is 12.5 Å². The van der Waals surface area contributed by atoms with Crippen molar-refractivity contribution in [2.45, 2.75) is 11.6 Å². The maximum absolute atomic E-state index is 12.0. The van der Waals surface area contributed by atoms with E-state index in [9.17, 15) is 8.42 Å². The van der Waals surface area contributed by atoms with Crippen LogP contribution in [0.1, 0.15) is 5.56 Å². The van der Waals surface area contributed by atoms with Gasteiger partial charge in [0.05, 0.1) is 23.1 Å². The molecule has 0 fully saturated rings. The number of thiophene rings is 1. The molecule has 0 aromatic carbocycles. The number of sulfonamides is 1. The van der Waals surface area contributed by atoms with E-state index >= 15 is 0 Å². The van der Waals surface area contributed by atoms with Crippen LogP contribution in [0.15, 0.2) is 53.4 Å². The predicted octanol–water partition coefficient (Wildman–Crippen LogP) is 2.01. The summed E-state index contributed by atoms with van der Waals surface area (Å²) in [5, 5.41) is 2.03. The average Bonchev–Trinajstić information content (AvgIpc) is 3.18. The molecule has 108 valence electrons. The third kappa shape index (κ3) is 3.18.